The molecule has 0 unspecified atom stereocenters. The van der Waals surface area contributed by atoms with Crippen LogP contribution in [0.25, 0.3) is 5.69 Å². The van der Waals surface area contributed by atoms with E-state index in [1.54, 1.807) is 0 Å². The standard InChI is InChI=1S/C15H20N4/c1-13-10-18(8-7-16-13)11-14-9-17-19(12-14)15-5-3-2-4-6-15/h2-6,9,12-13,16H,7-8,10-11H2,1H3/t13-/m0/s1. The van der Waals surface area contributed by atoms with E-state index >= 15 is 0 Å². The van der Waals surface area contributed by atoms with Gasteiger partial charge in [-0.1, -0.05) is 18.2 Å². The number of piperazine rings is 1. The van der Waals surface area contributed by atoms with E-state index < -0.39 is 0 Å². The zero-order valence-corrected chi connectivity index (χ0v) is 11.3. The van der Waals surface area contributed by atoms with E-state index in [0.29, 0.717) is 6.04 Å². The molecule has 1 N–H and O–H groups in total. The minimum Gasteiger partial charge on any atom is -0.312 e. The molecule has 100 valence electrons. The Morgan fingerprint density at radius 3 is 2.95 bits per heavy atom. The third-order valence-electron chi connectivity index (χ3n) is 3.52. The first-order valence-corrected chi connectivity index (χ1v) is 6.86. The smallest absolute Gasteiger partial charge is 0.0645 e. The highest BCUT2D eigenvalue weighted by Gasteiger charge is 2.16. The van der Waals surface area contributed by atoms with E-state index in [1.807, 2.05) is 29.1 Å². The van der Waals surface area contributed by atoms with Gasteiger partial charge >= 0.3 is 0 Å². The molecular formula is C15H20N4. The molecule has 0 spiro atoms. The molecule has 4 heteroatoms. The number of para-hydroxylation sites is 1. The predicted octanol–water partition coefficient (Wildman–Crippen LogP) is 1.67. The van der Waals surface area contributed by atoms with Gasteiger partial charge in [-0.05, 0) is 19.1 Å². The van der Waals surface area contributed by atoms with Crippen LogP contribution in [0.1, 0.15) is 12.5 Å². The molecule has 19 heavy (non-hydrogen) atoms. The lowest BCUT2D eigenvalue weighted by atomic mass is 10.2. The van der Waals surface area contributed by atoms with E-state index in [2.05, 4.69) is 40.6 Å². The third-order valence-corrected chi connectivity index (χ3v) is 3.52. The number of aromatic nitrogens is 2. The Balaban J connectivity index is 1.68. The van der Waals surface area contributed by atoms with Crippen LogP contribution in [0.2, 0.25) is 0 Å². The average molecular weight is 256 g/mol. The SMILES string of the molecule is C[C@H]1CN(Cc2cnn(-c3ccccc3)c2)CCN1. The van der Waals surface area contributed by atoms with E-state index in [1.165, 1.54) is 5.56 Å². The fraction of sp³-hybridized carbons (Fsp3) is 0.400. The van der Waals surface area contributed by atoms with Crippen LogP contribution in [0.4, 0.5) is 0 Å². The number of hydrogen-bond acceptors (Lipinski definition) is 3. The van der Waals surface area contributed by atoms with Crippen molar-refractivity contribution in [3.8, 4) is 5.69 Å². The topological polar surface area (TPSA) is 33.1 Å². The zero-order valence-electron chi connectivity index (χ0n) is 11.3. The Morgan fingerprint density at radius 2 is 2.16 bits per heavy atom. The summed E-state index contributed by atoms with van der Waals surface area (Å²) in [6.45, 7) is 6.52. The van der Waals surface area contributed by atoms with Gasteiger partial charge in [-0.15, -0.1) is 0 Å². The van der Waals surface area contributed by atoms with Gasteiger partial charge in [0.1, 0.15) is 0 Å². The molecule has 2 aromatic rings. The molecule has 0 radical (unpaired) electrons. The molecule has 1 saturated heterocycles. The minimum absolute atomic E-state index is 0.581. The first-order valence-electron chi connectivity index (χ1n) is 6.86. The number of benzene rings is 1. The van der Waals surface area contributed by atoms with Crippen molar-refractivity contribution in [2.75, 3.05) is 19.6 Å². The van der Waals surface area contributed by atoms with Gasteiger partial charge in [-0.25, -0.2) is 4.68 Å². The Morgan fingerprint density at radius 1 is 1.32 bits per heavy atom. The first-order chi connectivity index (χ1) is 9.31. The van der Waals surface area contributed by atoms with Gasteiger partial charge < -0.3 is 5.32 Å². The van der Waals surface area contributed by atoms with Gasteiger partial charge in [-0.3, -0.25) is 4.90 Å². The average Bonchev–Trinajstić information content (AvgIpc) is 2.88. The summed E-state index contributed by atoms with van der Waals surface area (Å²) in [5.74, 6) is 0. The molecule has 1 aliphatic rings. The maximum absolute atomic E-state index is 4.45. The lowest BCUT2D eigenvalue weighted by Gasteiger charge is -2.31. The monoisotopic (exact) mass is 256 g/mol. The minimum atomic E-state index is 0.581. The molecule has 3 rings (SSSR count). The van der Waals surface area contributed by atoms with E-state index in [-0.39, 0.29) is 0 Å². The number of nitrogens with one attached hydrogen (secondary N) is 1. The zero-order chi connectivity index (χ0) is 13.1. The highest BCUT2D eigenvalue weighted by atomic mass is 15.3. The van der Waals surface area contributed by atoms with Crippen LogP contribution in [0.15, 0.2) is 42.7 Å². The summed E-state index contributed by atoms with van der Waals surface area (Å²) in [6, 6.07) is 10.8. The van der Waals surface area contributed by atoms with Gasteiger partial charge in [0.25, 0.3) is 0 Å². The molecule has 1 aromatic carbocycles. The van der Waals surface area contributed by atoms with Crippen LogP contribution in [0.3, 0.4) is 0 Å². The summed E-state index contributed by atoms with van der Waals surface area (Å²) in [7, 11) is 0. The second kappa shape index (κ2) is 5.55. The molecule has 1 aromatic heterocycles. The summed E-state index contributed by atoms with van der Waals surface area (Å²) in [6.07, 6.45) is 4.10. The van der Waals surface area contributed by atoms with E-state index in [4.69, 9.17) is 0 Å². The molecule has 1 fully saturated rings. The fourth-order valence-corrected chi connectivity index (χ4v) is 2.58. The molecule has 0 aliphatic carbocycles. The van der Waals surface area contributed by atoms with Crippen molar-refractivity contribution in [2.24, 2.45) is 0 Å². The second-order valence-corrected chi connectivity index (χ2v) is 5.22. The number of rotatable bonds is 3. The van der Waals surface area contributed by atoms with Crippen molar-refractivity contribution in [2.45, 2.75) is 19.5 Å². The quantitative estimate of drug-likeness (QED) is 0.907. The van der Waals surface area contributed by atoms with Crippen LogP contribution in [-0.4, -0.2) is 40.4 Å². The summed E-state index contributed by atoms with van der Waals surface area (Å²) in [5, 5.41) is 7.91. The third kappa shape index (κ3) is 3.03. The van der Waals surface area contributed by atoms with Crippen LogP contribution < -0.4 is 5.32 Å². The molecule has 4 nitrogen and oxygen atoms in total. The van der Waals surface area contributed by atoms with Crippen molar-refractivity contribution in [3.63, 3.8) is 0 Å². The summed E-state index contributed by atoms with van der Waals surface area (Å²) in [4.78, 5) is 2.48. The first kappa shape index (κ1) is 12.4. The summed E-state index contributed by atoms with van der Waals surface area (Å²) >= 11 is 0. The molecular weight excluding hydrogens is 236 g/mol. The van der Waals surface area contributed by atoms with Crippen molar-refractivity contribution in [3.05, 3.63) is 48.3 Å². The fourth-order valence-electron chi connectivity index (χ4n) is 2.58. The van der Waals surface area contributed by atoms with Gasteiger partial charge in [0, 0.05) is 44.0 Å². The van der Waals surface area contributed by atoms with Crippen LogP contribution in [0.5, 0.6) is 0 Å². The predicted molar refractivity (Wildman–Crippen MR) is 76.3 cm³/mol. The van der Waals surface area contributed by atoms with Gasteiger partial charge in [0.05, 0.1) is 11.9 Å². The van der Waals surface area contributed by atoms with Gasteiger partial charge in [0.2, 0.25) is 0 Å². The van der Waals surface area contributed by atoms with E-state index in [9.17, 15) is 0 Å². The molecule has 1 aliphatic heterocycles. The van der Waals surface area contributed by atoms with Crippen LogP contribution >= 0.6 is 0 Å². The normalized spacial score (nSPS) is 20.6. The Bertz CT molecular complexity index is 520. The van der Waals surface area contributed by atoms with Crippen molar-refractivity contribution < 1.29 is 0 Å². The van der Waals surface area contributed by atoms with Gasteiger partial charge in [-0.2, -0.15) is 5.10 Å². The van der Waals surface area contributed by atoms with Crippen molar-refractivity contribution in [1.82, 2.24) is 20.0 Å². The highest BCUT2D eigenvalue weighted by molar-refractivity contribution is 5.30. The lowest BCUT2D eigenvalue weighted by Crippen LogP contribution is -2.48. The Labute approximate surface area is 114 Å². The maximum atomic E-state index is 4.45. The molecule has 2 heterocycles. The summed E-state index contributed by atoms with van der Waals surface area (Å²) < 4.78 is 1.95. The number of nitrogens with zero attached hydrogens (tertiary/aromatic N) is 3. The molecule has 0 amide bonds. The van der Waals surface area contributed by atoms with Crippen molar-refractivity contribution >= 4 is 0 Å². The Kier molecular flexibility index (Phi) is 3.62. The van der Waals surface area contributed by atoms with Crippen LogP contribution in [0, 0.1) is 0 Å². The molecule has 1 atom stereocenters. The van der Waals surface area contributed by atoms with Crippen molar-refractivity contribution in [1.29, 1.82) is 0 Å². The van der Waals surface area contributed by atoms with Gasteiger partial charge in [0.15, 0.2) is 0 Å². The second-order valence-electron chi connectivity index (χ2n) is 5.22. The summed E-state index contributed by atoms with van der Waals surface area (Å²) in [5.41, 5.74) is 2.39. The van der Waals surface area contributed by atoms with Crippen LogP contribution in [-0.2, 0) is 6.54 Å². The number of hydrogen-bond donors (Lipinski definition) is 1. The van der Waals surface area contributed by atoms with E-state index in [0.717, 1.165) is 31.9 Å². The highest BCUT2D eigenvalue weighted by Crippen LogP contribution is 2.10. The largest absolute Gasteiger partial charge is 0.312 e. The Hall–Kier alpha value is -1.65. The molecule has 0 saturated carbocycles. The maximum Gasteiger partial charge on any atom is 0.0645 e. The molecule has 0 bridgehead atoms. The lowest BCUT2D eigenvalue weighted by molar-refractivity contribution is 0.199.